The number of hydrogen-bond acceptors (Lipinski definition) is 5. The second-order valence-electron chi connectivity index (χ2n) is 7.53. The van der Waals surface area contributed by atoms with Crippen LogP contribution in [0.5, 0.6) is 0 Å². The van der Waals surface area contributed by atoms with Crippen LogP contribution in [0.25, 0.3) is 0 Å². The lowest BCUT2D eigenvalue weighted by atomic mass is 9.92. The molecule has 2 atom stereocenters. The van der Waals surface area contributed by atoms with Gasteiger partial charge < -0.3 is 19.7 Å². The standard InChI is InChI=1S/C17H30N2O4/c1-5-22-15(20)13-11-19(16(21)23-17(2,3)4)9-8-14(13)18-10-12-6-7-12/h12-14,18H,5-11H2,1-4H3/t13-,14-/m0/s1. The topological polar surface area (TPSA) is 67.9 Å². The van der Waals surface area contributed by atoms with Crippen LogP contribution in [0.2, 0.25) is 0 Å². The summed E-state index contributed by atoms with van der Waals surface area (Å²) in [5.41, 5.74) is -0.530. The summed E-state index contributed by atoms with van der Waals surface area (Å²) in [5, 5.41) is 3.50. The molecular formula is C17H30N2O4. The molecule has 0 aromatic rings. The Bertz CT molecular complexity index is 429. The number of rotatable bonds is 5. The van der Waals surface area contributed by atoms with Gasteiger partial charge in [0.25, 0.3) is 0 Å². The van der Waals surface area contributed by atoms with Crippen molar-refractivity contribution in [2.75, 3.05) is 26.2 Å². The van der Waals surface area contributed by atoms with E-state index >= 15 is 0 Å². The Morgan fingerprint density at radius 3 is 2.48 bits per heavy atom. The normalized spacial score (nSPS) is 25.1. The van der Waals surface area contributed by atoms with E-state index in [1.54, 1.807) is 11.8 Å². The fourth-order valence-corrected chi connectivity index (χ4v) is 2.82. The fraction of sp³-hybridized carbons (Fsp3) is 0.882. The van der Waals surface area contributed by atoms with Crippen LogP contribution in [0.15, 0.2) is 0 Å². The Labute approximate surface area is 138 Å². The molecule has 0 unspecified atom stereocenters. The van der Waals surface area contributed by atoms with Crippen LogP contribution < -0.4 is 5.32 Å². The van der Waals surface area contributed by atoms with Crippen molar-refractivity contribution >= 4 is 12.1 Å². The van der Waals surface area contributed by atoms with Gasteiger partial charge in [-0.25, -0.2) is 4.79 Å². The van der Waals surface area contributed by atoms with Gasteiger partial charge in [-0.1, -0.05) is 0 Å². The minimum atomic E-state index is -0.530. The molecule has 0 spiro atoms. The smallest absolute Gasteiger partial charge is 0.410 e. The molecule has 0 radical (unpaired) electrons. The molecule has 2 fully saturated rings. The highest BCUT2D eigenvalue weighted by atomic mass is 16.6. The van der Waals surface area contributed by atoms with Crippen molar-refractivity contribution < 1.29 is 19.1 Å². The van der Waals surface area contributed by atoms with Crippen molar-refractivity contribution in [1.29, 1.82) is 0 Å². The van der Waals surface area contributed by atoms with Crippen molar-refractivity contribution in [1.82, 2.24) is 10.2 Å². The molecule has 2 rings (SSSR count). The summed E-state index contributed by atoms with van der Waals surface area (Å²) in [6, 6.07) is 0.0772. The number of ether oxygens (including phenoxy) is 2. The maximum absolute atomic E-state index is 12.3. The monoisotopic (exact) mass is 326 g/mol. The van der Waals surface area contributed by atoms with E-state index in [0.29, 0.717) is 19.7 Å². The number of carbonyl (C=O) groups excluding carboxylic acids is 2. The van der Waals surface area contributed by atoms with Gasteiger partial charge >= 0.3 is 12.1 Å². The van der Waals surface area contributed by atoms with Crippen LogP contribution in [0.4, 0.5) is 4.79 Å². The van der Waals surface area contributed by atoms with E-state index in [2.05, 4.69) is 5.32 Å². The van der Waals surface area contributed by atoms with Gasteiger partial charge in [0.05, 0.1) is 12.5 Å². The van der Waals surface area contributed by atoms with E-state index in [-0.39, 0.29) is 24.0 Å². The Kier molecular flexibility index (Phi) is 5.89. The third kappa shape index (κ3) is 5.68. The van der Waals surface area contributed by atoms with E-state index in [9.17, 15) is 9.59 Å². The van der Waals surface area contributed by atoms with E-state index in [1.807, 2.05) is 20.8 Å². The zero-order valence-corrected chi connectivity index (χ0v) is 14.8. The van der Waals surface area contributed by atoms with Crippen LogP contribution >= 0.6 is 0 Å². The molecule has 23 heavy (non-hydrogen) atoms. The molecular weight excluding hydrogens is 296 g/mol. The first-order valence-corrected chi connectivity index (χ1v) is 8.68. The highest BCUT2D eigenvalue weighted by molar-refractivity contribution is 5.75. The van der Waals surface area contributed by atoms with Crippen molar-refractivity contribution in [3.8, 4) is 0 Å². The van der Waals surface area contributed by atoms with Crippen LogP contribution in [-0.2, 0) is 14.3 Å². The number of carbonyl (C=O) groups is 2. The number of esters is 1. The fourth-order valence-electron chi connectivity index (χ4n) is 2.82. The van der Waals surface area contributed by atoms with Gasteiger partial charge in [-0.05, 0) is 59.4 Å². The SMILES string of the molecule is CCOC(=O)[C@H]1CN(C(=O)OC(C)(C)C)CC[C@@H]1NCC1CC1. The molecule has 132 valence electrons. The predicted molar refractivity (Wildman–Crippen MR) is 87.1 cm³/mol. The third-order valence-electron chi connectivity index (χ3n) is 4.22. The Balaban J connectivity index is 1.96. The van der Waals surface area contributed by atoms with Crippen molar-refractivity contribution in [2.45, 2.75) is 58.6 Å². The average molecular weight is 326 g/mol. The van der Waals surface area contributed by atoms with Gasteiger partial charge in [0.2, 0.25) is 0 Å². The quantitative estimate of drug-likeness (QED) is 0.784. The summed E-state index contributed by atoms with van der Waals surface area (Å²) in [5.74, 6) is 0.200. The lowest BCUT2D eigenvalue weighted by Crippen LogP contribution is -2.55. The Morgan fingerprint density at radius 1 is 1.22 bits per heavy atom. The number of hydrogen-bond donors (Lipinski definition) is 1. The third-order valence-corrected chi connectivity index (χ3v) is 4.22. The maximum Gasteiger partial charge on any atom is 0.410 e. The van der Waals surface area contributed by atoms with Gasteiger partial charge in [-0.15, -0.1) is 0 Å². The summed E-state index contributed by atoms with van der Waals surface area (Å²) in [6.07, 6.45) is 2.93. The van der Waals surface area contributed by atoms with E-state index < -0.39 is 5.60 Å². The van der Waals surface area contributed by atoms with Crippen molar-refractivity contribution in [2.24, 2.45) is 11.8 Å². The summed E-state index contributed by atoms with van der Waals surface area (Å²) in [6.45, 7) is 9.61. The molecule has 1 N–H and O–H groups in total. The van der Waals surface area contributed by atoms with E-state index in [0.717, 1.165) is 18.9 Å². The molecule has 6 nitrogen and oxygen atoms in total. The molecule has 0 aromatic heterocycles. The highest BCUT2D eigenvalue weighted by Crippen LogP contribution is 2.29. The van der Waals surface area contributed by atoms with Crippen molar-refractivity contribution in [3.05, 3.63) is 0 Å². The number of nitrogens with one attached hydrogen (secondary N) is 1. The van der Waals surface area contributed by atoms with E-state index in [4.69, 9.17) is 9.47 Å². The first kappa shape index (κ1) is 18.0. The zero-order valence-electron chi connectivity index (χ0n) is 14.8. The first-order chi connectivity index (χ1) is 10.8. The van der Waals surface area contributed by atoms with E-state index in [1.165, 1.54) is 12.8 Å². The molecule has 1 amide bonds. The predicted octanol–water partition coefficient (Wildman–Crippen LogP) is 2.17. The molecule has 0 bridgehead atoms. The first-order valence-electron chi connectivity index (χ1n) is 8.68. The molecule has 1 heterocycles. The lowest BCUT2D eigenvalue weighted by Gasteiger charge is -2.38. The number of amides is 1. The summed E-state index contributed by atoms with van der Waals surface area (Å²) < 4.78 is 10.6. The van der Waals surface area contributed by atoms with Crippen LogP contribution in [-0.4, -0.2) is 54.8 Å². The maximum atomic E-state index is 12.3. The molecule has 1 aliphatic carbocycles. The molecule has 1 saturated carbocycles. The molecule has 2 aliphatic rings. The van der Waals surface area contributed by atoms with Gasteiger partial charge in [-0.3, -0.25) is 4.79 Å². The van der Waals surface area contributed by atoms with Crippen LogP contribution in [0.3, 0.4) is 0 Å². The lowest BCUT2D eigenvalue weighted by molar-refractivity contribution is -0.150. The number of likely N-dealkylation sites (tertiary alicyclic amines) is 1. The largest absolute Gasteiger partial charge is 0.466 e. The molecule has 1 aliphatic heterocycles. The average Bonchev–Trinajstić information content (AvgIpc) is 3.27. The summed E-state index contributed by atoms with van der Waals surface area (Å²) >= 11 is 0. The van der Waals surface area contributed by atoms with Gasteiger partial charge in [-0.2, -0.15) is 0 Å². The van der Waals surface area contributed by atoms with Gasteiger partial charge in [0, 0.05) is 19.1 Å². The Hall–Kier alpha value is -1.30. The minimum absolute atomic E-state index is 0.0772. The number of piperidine rings is 1. The van der Waals surface area contributed by atoms with Crippen LogP contribution in [0, 0.1) is 11.8 Å². The highest BCUT2D eigenvalue weighted by Gasteiger charge is 2.38. The summed E-state index contributed by atoms with van der Waals surface area (Å²) in [7, 11) is 0. The Morgan fingerprint density at radius 2 is 1.91 bits per heavy atom. The van der Waals surface area contributed by atoms with Gasteiger partial charge in [0.1, 0.15) is 5.60 Å². The number of nitrogens with zero attached hydrogens (tertiary/aromatic N) is 1. The molecule has 0 aromatic carbocycles. The minimum Gasteiger partial charge on any atom is -0.466 e. The van der Waals surface area contributed by atoms with Gasteiger partial charge in [0.15, 0.2) is 0 Å². The van der Waals surface area contributed by atoms with Crippen LogP contribution in [0.1, 0.15) is 47.0 Å². The summed E-state index contributed by atoms with van der Waals surface area (Å²) in [4.78, 5) is 26.2. The molecule has 6 heteroatoms. The second kappa shape index (κ2) is 7.51. The molecule has 1 saturated heterocycles. The van der Waals surface area contributed by atoms with Crippen molar-refractivity contribution in [3.63, 3.8) is 0 Å². The zero-order chi connectivity index (χ0) is 17.0. The second-order valence-corrected chi connectivity index (χ2v) is 7.53.